The van der Waals surface area contributed by atoms with Crippen LogP contribution in [0.25, 0.3) is 0 Å². The standard InChI is InChI=1S/C8H11NO/c1-4-5-8(6(2)9)7(3)10/h4-5H,1-2,9H2,3H3/b8-5+. The van der Waals surface area contributed by atoms with Crippen molar-refractivity contribution in [1.82, 2.24) is 0 Å². The first-order valence-corrected chi connectivity index (χ1v) is 2.88. The third-order valence-corrected chi connectivity index (χ3v) is 1.01. The molecular weight excluding hydrogens is 126 g/mol. The second-order valence-electron chi connectivity index (χ2n) is 1.90. The molecule has 0 aromatic rings. The van der Waals surface area contributed by atoms with E-state index in [2.05, 4.69) is 13.2 Å². The highest BCUT2D eigenvalue weighted by atomic mass is 16.1. The second-order valence-corrected chi connectivity index (χ2v) is 1.90. The maximum Gasteiger partial charge on any atom is 0.161 e. The molecule has 10 heavy (non-hydrogen) atoms. The fourth-order valence-corrected chi connectivity index (χ4v) is 0.568. The Morgan fingerprint density at radius 1 is 1.60 bits per heavy atom. The normalized spacial score (nSPS) is 10.7. The Morgan fingerprint density at radius 2 is 2.10 bits per heavy atom. The molecule has 0 bridgehead atoms. The molecule has 0 aliphatic heterocycles. The van der Waals surface area contributed by atoms with Gasteiger partial charge in [-0.2, -0.15) is 0 Å². The van der Waals surface area contributed by atoms with Gasteiger partial charge in [0.2, 0.25) is 0 Å². The Hall–Kier alpha value is -1.31. The number of hydrogen-bond acceptors (Lipinski definition) is 2. The summed E-state index contributed by atoms with van der Waals surface area (Å²) >= 11 is 0. The van der Waals surface area contributed by atoms with Crippen molar-refractivity contribution in [1.29, 1.82) is 0 Å². The molecule has 0 saturated heterocycles. The zero-order chi connectivity index (χ0) is 8.15. The van der Waals surface area contributed by atoms with Crippen molar-refractivity contribution >= 4 is 5.78 Å². The van der Waals surface area contributed by atoms with Crippen LogP contribution in [-0.2, 0) is 4.79 Å². The molecule has 0 heterocycles. The van der Waals surface area contributed by atoms with Gasteiger partial charge in [-0.05, 0) is 13.0 Å². The van der Waals surface area contributed by atoms with Gasteiger partial charge in [-0.15, -0.1) is 0 Å². The largest absolute Gasteiger partial charge is 0.399 e. The molecule has 54 valence electrons. The van der Waals surface area contributed by atoms with E-state index in [4.69, 9.17) is 5.73 Å². The minimum absolute atomic E-state index is 0.0904. The number of nitrogens with two attached hydrogens (primary N) is 1. The van der Waals surface area contributed by atoms with Crippen molar-refractivity contribution in [3.63, 3.8) is 0 Å². The van der Waals surface area contributed by atoms with Crippen molar-refractivity contribution < 1.29 is 4.79 Å². The van der Waals surface area contributed by atoms with Crippen molar-refractivity contribution in [3.8, 4) is 0 Å². The number of rotatable bonds is 3. The maximum atomic E-state index is 10.7. The Balaban J connectivity index is 4.58. The van der Waals surface area contributed by atoms with Gasteiger partial charge in [-0.1, -0.05) is 19.2 Å². The van der Waals surface area contributed by atoms with Crippen LogP contribution >= 0.6 is 0 Å². The predicted octanol–water partition coefficient (Wildman–Crippen LogP) is 1.16. The first-order chi connectivity index (χ1) is 4.59. The summed E-state index contributed by atoms with van der Waals surface area (Å²) in [5.41, 5.74) is 6.00. The molecule has 0 aliphatic rings. The Labute approximate surface area is 60.7 Å². The Morgan fingerprint density at radius 3 is 2.20 bits per heavy atom. The molecular formula is C8H11NO. The SMILES string of the molecule is C=C/C=C(\C(=C)N)C(C)=O. The number of carbonyl (C=O) groups is 1. The van der Waals surface area contributed by atoms with Gasteiger partial charge in [0, 0.05) is 11.3 Å². The zero-order valence-corrected chi connectivity index (χ0v) is 6.05. The quantitative estimate of drug-likeness (QED) is 0.468. The Bertz CT molecular complexity index is 185. The van der Waals surface area contributed by atoms with E-state index in [-0.39, 0.29) is 11.5 Å². The number of Topliss-reactive ketones (excluding diaryl/α,β-unsaturated/α-hetero) is 1. The highest BCUT2D eigenvalue weighted by Gasteiger charge is 2.01. The third-order valence-electron chi connectivity index (χ3n) is 1.01. The van der Waals surface area contributed by atoms with Gasteiger partial charge >= 0.3 is 0 Å². The molecule has 0 unspecified atom stereocenters. The maximum absolute atomic E-state index is 10.7. The summed E-state index contributed by atoms with van der Waals surface area (Å²) < 4.78 is 0. The summed E-state index contributed by atoms with van der Waals surface area (Å²) in [6.07, 6.45) is 3.06. The first-order valence-electron chi connectivity index (χ1n) is 2.88. The van der Waals surface area contributed by atoms with E-state index < -0.39 is 0 Å². The van der Waals surface area contributed by atoms with Crippen LogP contribution in [0.1, 0.15) is 6.92 Å². The van der Waals surface area contributed by atoms with Crippen LogP contribution in [-0.4, -0.2) is 5.78 Å². The first kappa shape index (κ1) is 8.69. The summed E-state index contributed by atoms with van der Waals surface area (Å²) in [4.78, 5) is 10.7. The van der Waals surface area contributed by atoms with Crippen LogP contribution in [0, 0.1) is 0 Å². The molecule has 2 nitrogen and oxygen atoms in total. The summed E-state index contributed by atoms with van der Waals surface area (Å²) in [6.45, 7) is 8.31. The highest BCUT2D eigenvalue weighted by Crippen LogP contribution is 2.02. The van der Waals surface area contributed by atoms with E-state index in [0.717, 1.165) is 0 Å². The Kier molecular flexibility index (Phi) is 3.19. The van der Waals surface area contributed by atoms with Crippen molar-refractivity contribution in [2.75, 3.05) is 0 Å². The minimum Gasteiger partial charge on any atom is -0.399 e. The third kappa shape index (κ3) is 2.31. The van der Waals surface area contributed by atoms with Crippen LogP contribution in [0.5, 0.6) is 0 Å². The van der Waals surface area contributed by atoms with Gasteiger partial charge in [-0.25, -0.2) is 0 Å². The van der Waals surface area contributed by atoms with Crippen molar-refractivity contribution in [2.24, 2.45) is 5.73 Å². The minimum atomic E-state index is -0.0904. The van der Waals surface area contributed by atoms with Crippen molar-refractivity contribution in [3.05, 3.63) is 36.6 Å². The van der Waals surface area contributed by atoms with E-state index in [1.807, 2.05) is 0 Å². The average Bonchev–Trinajstić information content (AvgIpc) is 1.81. The molecule has 0 aromatic heterocycles. The molecule has 0 aromatic carbocycles. The molecule has 0 atom stereocenters. The molecule has 0 radical (unpaired) electrons. The van der Waals surface area contributed by atoms with Gasteiger partial charge < -0.3 is 5.73 Å². The van der Waals surface area contributed by atoms with Crippen LogP contribution in [0.4, 0.5) is 0 Å². The fourth-order valence-electron chi connectivity index (χ4n) is 0.568. The topological polar surface area (TPSA) is 43.1 Å². The van der Waals surface area contributed by atoms with E-state index in [9.17, 15) is 4.79 Å². The van der Waals surface area contributed by atoms with Gasteiger partial charge in [-0.3, -0.25) is 4.79 Å². The van der Waals surface area contributed by atoms with Crippen LogP contribution in [0.2, 0.25) is 0 Å². The van der Waals surface area contributed by atoms with Gasteiger partial charge in [0.25, 0.3) is 0 Å². The molecule has 0 spiro atoms. The summed E-state index contributed by atoms with van der Waals surface area (Å²) in [7, 11) is 0. The van der Waals surface area contributed by atoms with E-state index in [1.54, 1.807) is 6.08 Å². The summed E-state index contributed by atoms with van der Waals surface area (Å²) in [5, 5.41) is 0. The van der Waals surface area contributed by atoms with Gasteiger partial charge in [0.05, 0.1) is 0 Å². The van der Waals surface area contributed by atoms with Crippen molar-refractivity contribution in [2.45, 2.75) is 6.92 Å². The van der Waals surface area contributed by atoms with Crippen LogP contribution in [0.3, 0.4) is 0 Å². The molecule has 0 aliphatic carbocycles. The molecule has 0 rings (SSSR count). The van der Waals surface area contributed by atoms with Gasteiger partial charge in [0.1, 0.15) is 0 Å². The summed E-state index contributed by atoms with van der Waals surface area (Å²) in [5.74, 6) is -0.0904. The molecule has 0 fully saturated rings. The molecule has 2 heteroatoms. The zero-order valence-electron chi connectivity index (χ0n) is 6.05. The number of hydrogen-bond donors (Lipinski definition) is 1. The lowest BCUT2D eigenvalue weighted by Gasteiger charge is -1.98. The number of ketones is 1. The van der Waals surface area contributed by atoms with Crippen LogP contribution in [0.15, 0.2) is 36.6 Å². The van der Waals surface area contributed by atoms with E-state index in [0.29, 0.717) is 5.57 Å². The average molecular weight is 137 g/mol. The number of allylic oxidation sites excluding steroid dienone is 3. The van der Waals surface area contributed by atoms with E-state index in [1.165, 1.54) is 13.0 Å². The smallest absolute Gasteiger partial charge is 0.161 e. The molecule has 2 N–H and O–H groups in total. The lowest BCUT2D eigenvalue weighted by atomic mass is 10.1. The fraction of sp³-hybridized carbons (Fsp3) is 0.125. The molecule has 0 saturated carbocycles. The highest BCUT2D eigenvalue weighted by molar-refractivity contribution is 5.97. The summed E-state index contributed by atoms with van der Waals surface area (Å²) in [6, 6.07) is 0. The number of carbonyl (C=O) groups excluding carboxylic acids is 1. The van der Waals surface area contributed by atoms with Gasteiger partial charge in [0.15, 0.2) is 5.78 Å². The molecule has 0 amide bonds. The second kappa shape index (κ2) is 3.67. The predicted molar refractivity (Wildman–Crippen MR) is 42.3 cm³/mol. The van der Waals surface area contributed by atoms with Crippen LogP contribution < -0.4 is 5.73 Å². The lowest BCUT2D eigenvalue weighted by molar-refractivity contribution is -0.113. The van der Waals surface area contributed by atoms with E-state index >= 15 is 0 Å². The lowest BCUT2D eigenvalue weighted by Crippen LogP contribution is -2.06. The monoisotopic (exact) mass is 137 g/mol.